The van der Waals surface area contributed by atoms with Crippen LogP contribution >= 0.6 is 0 Å². The van der Waals surface area contributed by atoms with Gasteiger partial charge in [0.1, 0.15) is 0 Å². The van der Waals surface area contributed by atoms with E-state index in [1.807, 2.05) is 0 Å². The van der Waals surface area contributed by atoms with E-state index in [1.165, 1.54) is 36.9 Å². The summed E-state index contributed by atoms with van der Waals surface area (Å²) >= 11 is 0. The van der Waals surface area contributed by atoms with Gasteiger partial charge in [-0.1, -0.05) is 18.2 Å². The van der Waals surface area contributed by atoms with Crippen LogP contribution in [0.3, 0.4) is 0 Å². The first kappa shape index (κ1) is 10.3. The molecule has 0 spiro atoms. The van der Waals surface area contributed by atoms with Crippen LogP contribution in [0.5, 0.6) is 0 Å². The predicted molar refractivity (Wildman–Crippen MR) is 67.8 cm³/mol. The Morgan fingerprint density at radius 3 is 2.69 bits per heavy atom. The zero-order valence-corrected chi connectivity index (χ0v) is 10.3. The molecule has 2 atom stereocenters. The number of rotatable bonds is 4. The zero-order valence-electron chi connectivity index (χ0n) is 10.3. The lowest BCUT2D eigenvalue weighted by Crippen LogP contribution is -2.19. The smallest absolute Gasteiger partial charge is 0.00683 e. The molecule has 1 nitrogen and oxygen atoms in total. The van der Waals surface area contributed by atoms with Gasteiger partial charge in [-0.25, -0.2) is 0 Å². The summed E-state index contributed by atoms with van der Waals surface area (Å²) in [4.78, 5) is 0. The van der Waals surface area contributed by atoms with Crippen LogP contribution in [0.1, 0.15) is 41.9 Å². The maximum absolute atomic E-state index is 3.64. The molecule has 2 saturated carbocycles. The molecule has 0 bridgehead atoms. The van der Waals surface area contributed by atoms with Crippen molar-refractivity contribution < 1.29 is 0 Å². The number of hydrogen-bond acceptors (Lipinski definition) is 1. The van der Waals surface area contributed by atoms with Gasteiger partial charge in [0.15, 0.2) is 0 Å². The first-order valence-electron chi connectivity index (χ1n) is 6.54. The maximum atomic E-state index is 3.64. The quantitative estimate of drug-likeness (QED) is 0.813. The fourth-order valence-corrected chi connectivity index (χ4v) is 2.48. The number of aryl methyl sites for hydroxylation is 2. The summed E-state index contributed by atoms with van der Waals surface area (Å²) < 4.78 is 0. The molecular formula is C15H21N. The van der Waals surface area contributed by atoms with Gasteiger partial charge in [-0.05, 0) is 68.2 Å². The molecule has 2 fully saturated rings. The summed E-state index contributed by atoms with van der Waals surface area (Å²) in [5.74, 6) is 1.74. The van der Waals surface area contributed by atoms with Crippen LogP contribution < -0.4 is 5.32 Å². The zero-order chi connectivity index (χ0) is 11.1. The summed E-state index contributed by atoms with van der Waals surface area (Å²) in [5.41, 5.74) is 4.42. The van der Waals surface area contributed by atoms with E-state index in [-0.39, 0.29) is 0 Å². The molecule has 1 N–H and O–H groups in total. The number of benzene rings is 1. The number of nitrogens with one attached hydrogen (secondary N) is 1. The molecule has 1 aromatic rings. The molecule has 1 aromatic carbocycles. The Hall–Kier alpha value is -0.820. The Balaban J connectivity index is 1.59. The molecule has 0 amide bonds. The van der Waals surface area contributed by atoms with Crippen molar-refractivity contribution in [2.75, 3.05) is 6.54 Å². The SMILES string of the molecule is Cc1ccc(C2CC2CNC2CC2)cc1C. The van der Waals surface area contributed by atoms with E-state index in [0.29, 0.717) is 0 Å². The summed E-state index contributed by atoms with van der Waals surface area (Å²) in [6, 6.07) is 7.84. The van der Waals surface area contributed by atoms with Gasteiger partial charge in [-0.2, -0.15) is 0 Å². The molecule has 0 saturated heterocycles. The minimum atomic E-state index is 0.838. The topological polar surface area (TPSA) is 12.0 Å². The largest absolute Gasteiger partial charge is 0.314 e. The van der Waals surface area contributed by atoms with Crippen LogP contribution in [-0.2, 0) is 0 Å². The van der Waals surface area contributed by atoms with Gasteiger partial charge in [0.05, 0.1) is 0 Å². The molecule has 2 unspecified atom stereocenters. The lowest BCUT2D eigenvalue weighted by Gasteiger charge is -2.05. The highest BCUT2D eigenvalue weighted by molar-refractivity contribution is 5.34. The minimum Gasteiger partial charge on any atom is -0.314 e. The van der Waals surface area contributed by atoms with Crippen molar-refractivity contribution in [3.63, 3.8) is 0 Å². The predicted octanol–water partition coefficient (Wildman–Crippen LogP) is 3.16. The second-order valence-corrected chi connectivity index (χ2v) is 5.63. The minimum absolute atomic E-state index is 0.838. The molecule has 2 aliphatic carbocycles. The van der Waals surface area contributed by atoms with Crippen molar-refractivity contribution in [2.45, 2.75) is 45.1 Å². The second kappa shape index (κ2) is 3.89. The van der Waals surface area contributed by atoms with Crippen molar-refractivity contribution in [3.05, 3.63) is 34.9 Å². The van der Waals surface area contributed by atoms with Gasteiger partial charge in [-0.3, -0.25) is 0 Å². The van der Waals surface area contributed by atoms with Crippen molar-refractivity contribution in [2.24, 2.45) is 5.92 Å². The van der Waals surface area contributed by atoms with Gasteiger partial charge in [-0.15, -0.1) is 0 Å². The third-order valence-electron chi connectivity index (χ3n) is 4.13. The van der Waals surface area contributed by atoms with Crippen molar-refractivity contribution in [3.8, 4) is 0 Å². The third kappa shape index (κ3) is 2.15. The molecule has 0 radical (unpaired) electrons. The molecule has 86 valence electrons. The summed E-state index contributed by atoms with van der Waals surface area (Å²) in [5, 5.41) is 3.64. The average Bonchev–Trinajstić information content (AvgIpc) is 3.13. The van der Waals surface area contributed by atoms with Crippen LogP contribution in [0.25, 0.3) is 0 Å². The highest BCUT2D eigenvalue weighted by atomic mass is 15.0. The third-order valence-corrected chi connectivity index (χ3v) is 4.13. The van der Waals surface area contributed by atoms with E-state index >= 15 is 0 Å². The lowest BCUT2D eigenvalue weighted by molar-refractivity contribution is 0.624. The van der Waals surface area contributed by atoms with Gasteiger partial charge >= 0.3 is 0 Å². The second-order valence-electron chi connectivity index (χ2n) is 5.63. The molecule has 1 heteroatoms. The molecular weight excluding hydrogens is 194 g/mol. The van der Waals surface area contributed by atoms with Crippen LogP contribution in [-0.4, -0.2) is 12.6 Å². The Morgan fingerprint density at radius 1 is 1.19 bits per heavy atom. The Bertz CT molecular complexity index is 392. The van der Waals surface area contributed by atoms with Gasteiger partial charge in [0.25, 0.3) is 0 Å². The lowest BCUT2D eigenvalue weighted by atomic mass is 10.0. The van der Waals surface area contributed by atoms with Crippen molar-refractivity contribution in [1.29, 1.82) is 0 Å². The van der Waals surface area contributed by atoms with Gasteiger partial charge < -0.3 is 5.32 Å². The van der Waals surface area contributed by atoms with E-state index in [9.17, 15) is 0 Å². The van der Waals surface area contributed by atoms with Crippen molar-refractivity contribution >= 4 is 0 Å². The van der Waals surface area contributed by atoms with Gasteiger partial charge in [0, 0.05) is 6.04 Å². The van der Waals surface area contributed by atoms with Crippen LogP contribution in [0.2, 0.25) is 0 Å². The molecule has 2 aliphatic rings. The first-order chi connectivity index (χ1) is 7.74. The summed E-state index contributed by atoms with van der Waals surface area (Å²) in [7, 11) is 0. The summed E-state index contributed by atoms with van der Waals surface area (Å²) in [6.07, 6.45) is 4.20. The van der Waals surface area contributed by atoms with Crippen LogP contribution in [0, 0.1) is 19.8 Å². The standard InChI is InChI=1S/C15H21N/c1-10-3-4-12(7-11(10)2)15-8-13(15)9-16-14-5-6-14/h3-4,7,13-16H,5-6,8-9H2,1-2H3. The monoisotopic (exact) mass is 215 g/mol. The van der Waals surface area contributed by atoms with Gasteiger partial charge in [0.2, 0.25) is 0 Å². The molecule has 0 heterocycles. The Kier molecular flexibility index (Phi) is 2.51. The van der Waals surface area contributed by atoms with Crippen LogP contribution in [0.4, 0.5) is 0 Å². The van der Waals surface area contributed by atoms with Crippen LogP contribution in [0.15, 0.2) is 18.2 Å². The fraction of sp³-hybridized carbons (Fsp3) is 0.600. The van der Waals surface area contributed by atoms with E-state index < -0.39 is 0 Å². The number of hydrogen-bond donors (Lipinski definition) is 1. The van der Waals surface area contributed by atoms with E-state index in [2.05, 4.69) is 37.4 Å². The molecule has 16 heavy (non-hydrogen) atoms. The molecule has 0 aromatic heterocycles. The Labute approximate surface area is 98.3 Å². The van der Waals surface area contributed by atoms with E-state index in [0.717, 1.165) is 17.9 Å². The highest BCUT2D eigenvalue weighted by Crippen LogP contribution is 2.47. The van der Waals surface area contributed by atoms with E-state index in [1.54, 1.807) is 5.56 Å². The maximum Gasteiger partial charge on any atom is 0.00683 e. The van der Waals surface area contributed by atoms with Crippen molar-refractivity contribution in [1.82, 2.24) is 5.32 Å². The fourth-order valence-electron chi connectivity index (χ4n) is 2.48. The highest BCUT2D eigenvalue weighted by Gasteiger charge is 2.38. The average molecular weight is 215 g/mol. The normalized spacial score (nSPS) is 28.1. The summed E-state index contributed by atoms with van der Waals surface area (Å²) in [6.45, 7) is 5.65. The molecule has 3 rings (SSSR count). The molecule has 0 aliphatic heterocycles. The van der Waals surface area contributed by atoms with E-state index in [4.69, 9.17) is 0 Å². The first-order valence-corrected chi connectivity index (χ1v) is 6.54. The Morgan fingerprint density at radius 2 is 2.00 bits per heavy atom.